The lowest BCUT2D eigenvalue weighted by atomic mass is 10.1. The Morgan fingerprint density at radius 2 is 2.00 bits per heavy atom. The molecule has 2 fully saturated rings. The zero-order valence-electron chi connectivity index (χ0n) is 18.1. The minimum Gasteiger partial charge on any atom is -0.480 e. The zero-order chi connectivity index (χ0) is 23.7. The van der Waals surface area contributed by atoms with Crippen LogP contribution in [0, 0.1) is 0 Å². The van der Waals surface area contributed by atoms with E-state index in [1.807, 2.05) is 0 Å². The van der Waals surface area contributed by atoms with Gasteiger partial charge < -0.3 is 37.4 Å². The first-order valence-corrected chi connectivity index (χ1v) is 12.0. The second kappa shape index (κ2) is 12.6. The third-order valence-electron chi connectivity index (χ3n) is 5.47. The van der Waals surface area contributed by atoms with Crippen LogP contribution in [0.2, 0.25) is 0 Å². The van der Waals surface area contributed by atoms with Crippen molar-refractivity contribution in [2.75, 3.05) is 31.1 Å². The standard InChI is InChI=1S/C19H32N6O6S/c20-6-2-1-4-12(19(30)31)24-16(27)13-10-32-9-11(21)18(29)25-7-3-5-14(25)17(28)22-8-15(26)23-13/h11-14H,1-10,20-21H2,(H,22,28)(H,23,26)(H,24,27)(H,30,31)/p+2/t11-,12+,13+,14+/m1/s1. The van der Waals surface area contributed by atoms with Crippen molar-refractivity contribution in [1.29, 1.82) is 0 Å². The molecule has 0 aromatic rings. The average Bonchev–Trinajstić information content (AvgIpc) is 3.24. The van der Waals surface area contributed by atoms with Gasteiger partial charge in [-0.25, -0.2) is 4.79 Å². The van der Waals surface area contributed by atoms with Crippen LogP contribution in [0.15, 0.2) is 0 Å². The molecule has 4 amide bonds. The first kappa shape index (κ1) is 25.9. The van der Waals surface area contributed by atoms with E-state index in [1.165, 1.54) is 16.7 Å². The van der Waals surface area contributed by atoms with Crippen molar-refractivity contribution in [2.24, 2.45) is 0 Å². The van der Waals surface area contributed by atoms with E-state index in [2.05, 4.69) is 27.4 Å². The summed E-state index contributed by atoms with van der Waals surface area (Å²) in [7, 11) is 0. The molecule has 13 heteroatoms. The highest BCUT2D eigenvalue weighted by molar-refractivity contribution is 7.99. The van der Waals surface area contributed by atoms with Crippen molar-refractivity contribution in [3.05, 3.63) is 0 Å². The number of unbranched alkanes of at least 4 members (excludes halogenated alkanes) is 1. The van der Waals surface area contributed by atoms with Crippen LogP contribution in [0.4, 0.5) is 0 Å². The summed E-state index contributed by atoms with van der Waals surface area (Å²) < 4.78 is 0. The molecule has 0 radical (unpaired) electrons. The molecule has 10 N–H and O–H groups in total. The Morgan fingerprint density at radius 3 is 2.69 bits per heavy atom. The molecule has 12 nitrogen and oxygen atoms in total. The first-order valence-electron chi connectivity index (χ1n) is 10.9. The second-order valence-electron chi connectivity index (χ2n) is 8.01. The number of carbonyl (C=O) groups excluding carboxylic acids is 4. The molecule has 0 aromatic carbocycles. The molecule has 2 aliphatic rings. The Kier molecular flexibility index (Phi) is 10.2. The number of aliphatic carboxylic acids is 1. The van der Waals surface area contributed by atoms with Gasteiger partial charge in [-0.3, -0.25) is 19.2 Å². The zero-order valence-corrected chi connectivity index (χ0v) is 19.0. The van der Waals surface area contributed by atoms with Gasteiger partial charge in [-0.05, 0) is 32.1 Å². The topological polar surface area (TPSA) is 200 Å². The molecule has 2 saturated heterocycles. The van der Waals surface area contributed by atoms with Gasteiger partial charge in [0.15, 0.2) is 6.04 Å². The van der Waals surface area contributed by atoms with Crippen molar-refractivity contribution < 1.29 is 40.5 Å². The summed E-state index contributed by atoms with van der Waals surface area (Å²) in [6.07, 6.45) is 2.83. The molecule has 0 aliphatic carbocycles. The molecule has 2 rings (SSSR count). The van der Waals surface area contributed by atoms with Crippen molar-refractivity contribution in [2.45, 2.75) is 56.3 Å². The molecular formula is C19H34N6O6S+2. The molecule has 2 heterocycles. The Labute approximate surface area is 190 Å². The Balaban J connectivity index is 2.08. The molecular weight excluding hydrogens is 440 g/mol. The maximum atomic E-state index is 12.8. The number of nitrogens with one attached hydrogen (secondary N) is 3. The monoisotopic (exact) mass is 474 g/mol. The van der Waals surface area contributed by atoms with Gasteiger partial charge in [0, 0.05) is 12.3 Å². The van der Waals surface area contributed by atoms with Crippen LogP contribution in [0.1, 0.15) is 32.1 Å². The van der Waals surface area contributed by atoms with E-state index >= 15 is 0 Å². The lowest BCUT2D eigenvalue weighted by molar-refractivity contribution is -0.398. The largest absolute Gasteiger partial charge is 0.480 e. The van der Waals surface area contributed by atoms with Crippen molar-refractivity contribution in [3.63, 3.8) is 0 Å². The van der Waals surface area contributed by atoms with E-state index in [1.54, 1.807) is 0 Å². The first-order chi connectivity index (χ1) is 15.2. The summed E-state index contributed by atoms with van der Waals surface area (Å²) >= 11 is 1.27. The smallest absolute Gasteiger partial charge is 0.326 e. The van der Waals surface area contributed by atoms with E-state index in [9.17, 15) is 29.1 Å². The fourth-order valence-corrected chi connectivity index (χ4v) is 4.74. The number of amides is 4. The molecule has 0 spiro atoms. The number of fused-ring (bicyclic) bond motifs is 1. The fourth-order valence-electron chi connectivity index (χ4n) is 3.71. The van der Waals surface area contributed by atoms with Crippen LogP contribution in [0.25, 0.3) is 0 Å². The number of hydrogen-bond donors (Lipinski definition) is 6. The van der Waals surface area contributed by atoms with Gasteiger partial charge in [0.25, 0.3) is 5.91 Å². The summed E-state index contributed by atoms with van der Waals surface area (Å²) in [5.74, 6) is -2.55. The second-order valence-corrected chi connectivity index (χ2v) is 9.09. The van der Waals surface area contributed by atoms with Gasteiger partial charge in [-0.2, -0.15) is 11.8 Å². The lowest BCUT2D eigenvalue weighted by Crippen LogP contribution is -2.70. The summed E-state index contributed by atoms with van der Waals surface area (Å²) in [5.41, 5.74) is 7.61. The molecule has 0 saturated carbocycles. The normalized spacial score (nSPS) is 26.0. The lowest BCUT2D eigenvalue weighted by Gasteiger charge is -2.24. The Bertz CT molecular complexity index is 722. The SMILES string of the molecule is [NH3+]CCCC[C@H](NC(=O)[C@@H]1CSC[C@@H]([NH3+])C(=O)N2CCC[C@H]2C(=O)NCC(=O)N1)C(=O)O. The maximum Gasteiger partial charge on any atom is 0.326 e. The highest BCUT2D eigenvalue weighted by Gasteiger charge is 2.38. The van der Waals surface area contributed by atoms with Gasteiger partial charge in [0.2, 0.25) is 17.7 Å². The number of carbonyl (C=O) groups is 5. The minimum atomic E-state index is -1.15. The van der Waals surface area contributed by atoms with Gasteiger partial charge >= 0.3 is 5.97 Å². The van der Waals surface area contributed by atoms with Crippen LogP contribution in [-0.2, 0) is 24.0 Å². The van der Waals surface area contributed by atoms with E-state index in [4.69, 9.17) is 0 Å². The van der Waals surface area contributed by atoms with Crippen LogP contribution < -0.4 is 27.4 Å². The highest BCUT2D eigenvalue weighted by atomic mass is 32.2. The molecule has 32 heavy (non-hydrogen) atoms. The van der Waals surface area contributed by atoms with Gasteiger partial charge in [0.05, 0.1) is 18.8 Å². The van der Waals surface area contributed by atoms with Crippen LogP contribution in [0.3, 0.4) is 0 Å². The molecule has 180 valence electrons. The van der Waals surface area contributed by atoms with Crippen LogP contribution >= 0.6 is 11.8 Å². The Hall–Kier alpha value is -2.38. The molecule has 4 atom stereocenters. The maximum absolute atomic E-state index is 12.8. The number of rotatable bonds is 7. The van der Waals surface area contributed by atoms with Crippen molar-refractivity contribution >= 4 is 41.4 Å². The van der Waals surface area contributed by atoms with Crippen LogP contribution in [0.5, 0.6) is 0 Å². The summed E-state index contributed by atoms with van der Waals surface area (Å²) in [5, 5.41) is 17.0. The number of carboxylic acids is 1. The van der Waals surface area contributed by atoms with Crippen LogP contribution in [-0.4, -0.2) is 94.9 Å². The third kappa shape index (κ3) is 7.35. The van der Waals surface area contributed by atoms with Crippen molar-refractivity contribution in [1.82, 2.24) is 20.9 Å². The molecule has 0 unspecified atom stereocenters. The van der Waals surface area contributed by atoms with E-state index < -0.39 is 47.9 Å². The van der Waals surface area contributed by atoms with Gasteiger partial charge in [-0.15, -0.1) is 0 Å². The number of quaternary nitrogens is 2. The third-order valence-corrected chi connectivity index (χ3v) is 6.68. The van der Waals surface area contributed by atoms with E-state index in [-0.39, 0.29) is 24.6 Å². The number of thioether (sulfide) groups is 1. The molecule has 2 aliphatic heterocycles. The predicted octanol–water partition coefficient (Wildman–Crippen LogP) is -4.08. The van der Waals surface area contributed by atoms with E-state index in [0.29, 0.717) is 38.1 Å². The fraction of sp³-hybridized carbons (Fsp3) is 0.737. The average molecular weight is 475 g/mol. The Morgan fingerprint density at radius 1 is 1.25 bits per heavy atom. The predicted molar refractivity (Wildman–Crippen MR) is 115 cm³/mol. The van der Waals surface area contributed by atoms with Gasteiger partial charge in [0.1, 0.15) is 18.1 Å². The highest BCUT2D eigenvalue weighted by Crippen LogP contribution is 2.19. The summed E-state index contributed by atoms with van der Waals surface area (Å²) in [4.78, 5) is 63.4. The summed E-state index contributed by atoms with van der Waals surface area (Å²) in [6.45, 7) is 0.797. The molecule has 0 bridgehead atoms. The minimum absolute atomic E-state index is 0.138. The number of carboxylic acid groups (broad SMARTS) is 1. The number of hydrogen-bond acceptors (Lipinski definition) is 6. The summed E-state index contributed by atoms with van der Waals surface area (Å²) in [6, 6.07) is -3.32. The van der Waals surface area contributed by atoms with Crippen molar-refractivity contribution in [3.8, 4) is 0 Å². The molecule has 0 aromatic heterocycles. The van der Waals surface area contributed by atoms with E-state index in [0.717, 1.165) is 6.42 Å². The van der Waals surface area contributed by atoms with Gasteiger partial charge in [-0.1, -0.05) is 0 Å². The quantitative estimate of drug-likeness (QED) is 0.201. The number of nitrogens with zero attached hydrogens (tertiary/aromatic N) is 1.